The smallest absolute Gasteiger partial charge is 0.416 e. The van der Waals surface area contributed by atoms with Gasteiger partial charge in [-0.1, -0.05) is 42.1 Å². The van der Waals surface area contributed by atoms with Gasteiger partial charge in [0, 0.05) is 13.0 Å². The van der Waals surface area contributed by atoms with Gasteiger partial charge in [-0.3, -0.25) is 9.89 Å². The summed E-state index contributed by atoms with van der Waals surface area (Å²) >= 11 is 1.40. The average molecular weight is 423 g/mol. The molecular weight excluding hydrogens is 392 g/mol. The first-order chi connectivity index (χ1) is 13.8. The predicted octanol–water partition coefficient (Wildman–Crippen LogP) is 3.41. The van der Waals surface area contributed by atoms with Crippen LogP contribution in [0.15, 0.2) is 35.3 Å². The standard InChI is InChI=1S/C21H30N2O5S/c1-5-23(20(25)28-21(2,3)4)19-22-15-11-16(17(12-24)27-18(15)29-19)26-13-14-9-7-6-8-10-14/h6-10,15-18,24H,5,11-13H2,1-4H3/t15-,16+,17-,18-/m1/s1. The van der Waals surface area contributed by atoms with Crippen LogP contribution >= 0.6 is 11.8 Å². The number of benzene rings is 1. The number of hydrogen-bond acceptors (Lipinski definition) is 7. The van der Waals surface area contributed by atoms with E-state index in [9.17, 15) is 9.90 Å². The van der Waals surface area contributed by atoms with Crippen molar-refractivity contribution in [3.8, 4) is 0 Å². The molecule has 2 aliphatic heterocycles. The van der Waals surface area contributed by atoms with Crippen LogP contribution in [0.1, 0.15) is 39.7 Å². The van der Waals surface area contributed by atoms with Gasteiger partial charge < -0.3 is 19.3 Å². The van der Waals surface area contributed by atoms with E-state index in [1.807, 2.05) is 58.0 Å². The van der Waals surface area contributed by atoms with Crippen molar-refractivity contribution in [3.05, 3.63) is 35.9 Å². The lowest BCUT2D eigenvalue weighted by Crippen LogP contribution is -2.46. The van der Waals surface area contributed by atoms with E-state index in [0.717, 1.165) is 5.56 Å². The van der Waals surface area contributed by atoms with E-state index in [2.05, 4.69) is 0 Å². The summed E-state index contributed by atoms with van der Waals surface area (Å²) in [5, 5.41) is 10.4. The second-order valence-corrected chi connectivity index (χ2v) is 9.18. The van der Waals surface area contributed by atoms with Crippen LogP contribution in [0.4, 0.5) is 4.79 Å². The SMILES string of the molecule is CCN(C(=O)OC(C)(C)C)C1=N[C@@H]2C[C@H](OCc3ccccc3)[C@@H](CO)O[C@@H]2S1. The summed E-state index contributed by atoms with van der Waals surface area (Å²) in [5.41, 5.74) is 0.254. The molecule has 0 aromatic heterocycles. The highest BCUT2D eigenvalue weighted by atomic mass is 32.2. The number of fused-ring (bicyclic) bond motifs is 1. The number of amidine groups is 1. The third-order valence-electron chi connectivity index (χ3n) is 4.66. The monoisotopic (exact) mass is 422 g/mol. The molecule has 3 rings (SSSR count). The zero-order valence-corrected chi connectivity index (χ0v) is 18.2. The van der Waals surface area contributed by atoms with Crippen molar-refractivity contribution in [2.24, 2.45) is 4.99 Å². The largest absolute Gasteiger partial charge is 0.443 e. The van der Waals surface area contributed by atoms with Gasteiger partial charge in [-0.2, -0.15) is 0 Å². The van der Waals surface area contributed by atoms with Crippen molar-refractivity contribution in [1.82, 2.24) is 4.90 Å². The molecule has 160 valence electrons. The topological polar surface area (TPSA) is 80.6 Å². The van der Waals surface area contributed by atoms with Crippen molar-refractivity contribution in [2.45, 2.75) is 70.0 Å². The van der Waals surface area contributed by atoms with E-state index < -0.39 is 17.8 Å². The van der Waals surface area contributed by atoms with Crippen LogP contribution in [-0.4, -0.2) is 63.7 Å². The molecule has 4 atom stereocenters. The molecule has 1 amide bonds. The molecule has 0 aliphatic carbocycles. The maximum Gasteiger partial charge on any atom is 0.416 e. The van der Waals surface area contributed by atoms with Gasteiger partial charge in [0.15, 0.2) is 5.17 Å². The van der Waals surface area contributed by atoms with Gasteiger partial charge in [0.05, 0.1) is 25.4 Å². The molecular formula is C21H30N2O5S. The highest BCUT2D eigenvalue weighted by Crippen LogP contribution is 2.38. The quantitative estimate of drug-likeness (QED) is 0.783. The van der Waals surface area contributed by atoms with Gasteiger partial charge in [0.1, 0.15) is 17.1 Å². The van der Waals surface area contributed by atoms with E-state index in [1.165, 1.54) is 16.7 Å². The summed E-state index contributed by atoms with van der Waals surface area (Å²) in [6.45, 7) is 8.19. The second-order valence-electron chi connectivity index (χ2n) is 8.12. The zero-order valence-electron chi connectivity index (χ0n) is 17.4. The first kappa shape index (κ1) is 22.1. The molecule has 0 bridgehead atoms. The normalized spacial score (nSPS) is 26.6. The lowest BCUT2D eigenvalue weighted by atomic mass is 10.0. The fourth-order valence-electron chi connectivity index (χ4n) is 3.25. The van der Waals surface area contributed by atoms with Crippen LogP contribution in [-0.2, 0) is 20.8 Å². The predicted molar refractivity (Wildman–Crippen MR) is 113 cm³/mol. The Morgan fingerprint density at radius 3 is 2.69 bits per heavy atom. The molecule has 1 fully saturated rings. The van der Waals surface area contributed by atoms with Crippen LogP contribution in [0.5, 0.6) is 0 Å². The fraction of sp³-hybridized carbons (Fsp3) is 0.619. The van der Waals surface area contributed by atoms with Gasteiger partial charge >= 0.3 is 6.09 Å². The van der Waals surface area contributed by atoms with Crippen LogP contribution in [0.25, 0.3) is 0 Å². The van der Waals surface area contributed by atoms with E-state index in [1.54, 1.807) is 0 Å². The number of ether oxygens (including phenoxy) is 3. The molecule has 1 aromatic rings. The van der Waals surface area contributed by atoms with Crippen molar-refractivity contribution in [1.29, 1.82) is 0 Å². The van der Waals surface area contributed by atoms with Crippen LogP contribution in [0.3, 0.4) is 0 Å². The first-order valence-corrected chi connectivity index (χ1v) is 10.9. The van der Waals surface area contributed by atoms with Crippen molar-refractivity contribution >= 4 is 23.0 Å². The lowest BCUT2D eigenvalue weighted by Gasteiger charge is -2.36. The molecule has 0 spiro atoms. The minimum absolute atomic E-state index is 0.123. The van der Waals surface area contributed by atoms with Gasteiger partial charge in [-0.05, 0) is 33.3 Å². The average Bonchev–Trinajstić information content (AvgIpc) is 3.07. The molecule has 8 heteroatoms. The lowest BCUT2D eigenvalue weighted by molar-refractivity contribution is -0.140. The Bertz CT molecular complexity index is 722. The summed E-state index contributed by atoms with van der Waals surface area (Å²) in [4.78, 5) is 18.8. The van der Waals surface area contributed by atoms with E-state index in [4.69, 9.17) is 19.2 Å². The molecule has 7 nitrogen and oxygen atoms in total. The summed E-state index contributed by atoms with van der Waals surface area (Å²) in [6, 6.07) is 9.77. The summed E-state index contributed by atoms with van der Waals surface area (Å²) < 4.78 is 17.6. The minimum Gasteiger partial charge on any atom is -0.443 e. The molecule has 29 heavy (non-hydrogen) atoms. The number of carbonyl (C=O) groups excluding carboxylic acids is 1. The van der Waals surface area contributed by atoms with Crippen LogP contribution in [0, 0.1) is 0 Å². The maximum absolute atomic E-state index is 12.5. The molecule has 0 unspecified atom stereocenters. The number of amides is 1. The number of nitrogens with zero attached hydrogens (tertiary/aromatic N) is 2. The third kappa shape index (κ3) is 5.72. The van der Waals surface area contributed by atoms with Crippen molar-refractivity contribution < 1.29 is 24.1 Å². The zero-order chi connectivity index (χ0) is 21.0. The van der Waals surface area contributed by atoms with Gasteiger partial charge in [0.25, 0.3) is 0 Å². The molecule has 1 saturated heterocycles. The molecule has 2 heterocycles. The van der Waals surface area contributed by atoms with Gasteiger partial charge in [-0.25, -0.2) is 4.79 Å². The van der Waals surface area contributed by atoms with E-state index in [-0.39, 0.29) is 24.2 Å². The Kier molecular flexibility index (Phi) is 7.21. The number of aliphatic hydroxyl groups is 1. The Morgan fingerprint density at radius 2 is 2.07 bits per heavy atom. The highest BCUT2D eigenvalue weighted by Gasteiger charge is 2.44. The fourth-order valence-corrected chi connectivity index (χ4v) is 4.52. The maximum atomic E-state index is 12.5. The van der Waals surface area contributed by atoms with E-state index >= 15 is 0 Å². The molecule has 1 aromatic carbocycles. The molecule has 0 radical (unpaired) electrons. The van der Waals surface area contributed by atoms with Crippen LogP contribution in [0.2, 0.25) is 0 Å². The molecule has 1 N–H and O–H groups in total. The summed E-state index contributed by atoms with van der Waals surface area (Å²) in [5.74, 6) is 0. The summed E-state index contributed by atoms with van der Waals surface area (Å²) in [7, 11) is 0. The Labute approximate surface area is 176 Å². The Hall–Kier alpha value is -1.61. The molecule has 0 saturated carbocycles. The first-order valence-electron chi connectivity index (χ1n) is 9.97. The van der Waals surface area contributed by atoms with E-state index in [0.29, 0.717) is 24.7 Å². The Morgan fingerprint density at radius 1 is 1.34 bits per heavy atom. The Balaban J connectivity index is 1.66. The third-order valence-corrected chi connectivity index (χ3v) is 5.85. The van der Waals surface area contributed by atoms with Gasteiger partial charge in [0.2, 0.25) is 0 Å². The second kappa shape index (κ2) is 9.47. The number of carbonyl (C=O) groups is 1. The number of aliphatic imine (C=N–C) groups is 1. The summed E-state index contributed by atoms with van der Waals surface area (Å²) in [6.07, 6.45) is -0.466. The van der Waals surface area contributed by atoms with Crippen molar-refractivity contribution in [3.63, 3.8) is 0 Å². The number of aliphatic hydroxyl groups excluding tert-OH is 1. The van der Waals surface area contributed by atoms with Crippen molar-refractivity contribution in [2.75, 3.05) is 13.2 Å². The highest BCUT2D eigenvalue weighted by molar-refractivity contribution is 8.14. The number of thioether (sulfide) groups is 1. The van der Waals surface area contributed by atoms with Gasteiger partial charge in [-0.15, -0.1) is 0 Å². The number of hydrogen-bond donors (Lipinski definition) is 1. The number of rotatable bonds is 5. The minimum atomic E-state index is -0.573. The van der Waals surface area contributed by atoms with Crippen LogP contribution < -0.4 is 0 Å². The molecule has 2 aliphatic rings.